The van der Waals surface area contributed by atoms with E-state index in [1.165, 1.54) is 17.0 Å². The Labute approximate surface area is 123 Å². The monoisotopic (exact) mass is 292 g/mol. The molecule has 0 aromatic heterocycles. The van der Waals surface area contributed by atoms with Crippen LogP contribution in [-0.2, 0) is 4.79 Å². The number of carboxylic acid groups (broad SMARTS) is 1. The van der Waals surface area contributed by atoms with Crippen LogP contribution in [0.3, 0.4) is 0 Å². The summed E-state index contributed by atoms with van der Waals surface area (Å²) in [7, 11) is 1.61. The van der Waals surface area contributed by atoms with Crippen molar-refractivity contribution in [1.82, 2.24) is 5.32 Å². The maximum absolute atomic E-state index is 12.1. The van der Waals surface area contributed by atoms with Gasteiger partial charge in [0.1, 0.15) is 5.75 Å². The summed E-state index contributed by atoms with van der Waals surface area (Å²) >= 11 is 0. The average Bonchev–Trinajstić information content (AvgIpc) is 2.40. The van der Waals surface area contributed by atoms with E-state index in [-0.39, 0.29) is 23.6 Å². The molecule has 2 amide bonds. The first-order chi connectivity index (χ1) is 9.92. The Balaban J connectivity index is 1.93. The average molecular weight is 292 g/mol. The van der Waals surface area contributed by atoms with Gasteiger partial charge in [-0.3, -0.25) is 9.69 Å². The summed E-state index contributed by atoms with van der Waals surface area (Å²) in [5.74, 6) is -0.737. The van der Waals surface area contributed by atoms with Crippen LogP contribution in [-0.4, -0.2) is 35.8 Å². The van der Waals surface area contributed by atoms with Crippen LogP contribution in [0.5, 0.6) is 5.75 Å². The lowest BCUT2D eigenvalue weighted by molar-refractivity contribution is -0.141. The first kappa shape index (κ1) is 15.2. The molecule has 1 saturated carbocycles. The fourth-order valence-electron chi connectivity index (χ4n) is 2.61. The first-order valence-corrected chi connectivity index (χ1v) is 6.94. The summed E-state index contributed by atoms with van der Waals surface area (Å²) in [6, 6.07) is 6.10. The topological polar surface area (TPSA) is 89.9 Å². The van der Waals surface area contributed by atoms with Crippen LogP contribution >= 0.6 is 0 Å². The molecule has 1 aromatic carbocycles. The molecule has 0 saturated heterocycles. The van der Waals surface area contributed by atoms with E-state index in [0.29, 0.717) is 12.2 Å². The van der Waals surface area contributed by atoms with Crippen molar-refractivity contribution in [2.75, 3.05) is 18.5 Å². The van der Waals surface area contributed by atoms with Gasteiger partial charge in [0.15, 0.2) is 0 Å². The van der Waals surface area contributed by atoms with Crippen molar-refractivity contribution in [1.29, 1.82) is 0 Å². The molecule has 0 heterocycles. The van der Waals surface area contributed by atoms with Gasteiger partial charge in [0.2, 0.25) is 0 Å². The van der Waals surface area contributed by atoms with Gasteiger partial charge in [0, 0.05) is 25.3 Å². The van der Waals surface area contributed by atoms with E-state index >= 15 is 0 Å². The molecular weight excluding hydrogens is 272 g/mol. The summed E-state index contributed by atoms with van der Waals surface area (Å²) in [6.07, 6.45) is 2.75. The minimum Gasteiger partial charge on any atom is -0.508 e. The second-order valence-corrected chi connectivity index (χ2v) is 5.66. The third-order valence-corrected chi connectivity index (χ3v) is 4.08. The Morgan fingerprint density at radius 2 is 2.10 bits per heavy atom. The quantitative estimate of drug-likeness (QED) is 0.776. The number of rotatable bonds is 5. The lowest BCUT2D eigenvalue weighted by Crippen LogP contribution is -2.47. The number of phenols is 1. The Hall–Kier alpha value is -2.24. The molecule has 1 aromatic rings. The normalized spacial score (nSPS) is 15.9. The van der Waals surface area contributed by atoms with Gasteiger partial charge in [-0.05, 0) is 30.4 Å². The van der Waals surface area contributed by atoms with Crippen molar-refractivity contribution in [3.05, 3.63) is 24.3 Å². The van der Waals surface area contributed by atoms with Crippen molar-refractivity contribution < 1.29 is 19.8 Å². The smallest absolute Gasteiger partial charge is 0.321 e. The lowest BCUT2D eigenvalue weighted by Gasteiger charge is -2.41. The van der Waals surface area contributed by atoms with Gasteiger partial charge in [-0.2, -0.15) is 0 Å². The third-order valence-electron chi connectivity index (χ3n) is 4.08. The number of urea groups is 1. The van der Waals surface area contributed by atoms with Gasteiger partial charge < -0.3 is 15.5 Å². The number of aromatic hydroxyl groups is 1. The van der Waals surface area contributed by atoms with Gasteiger partial charge in [0.25, 0.3) is 0 Å². The Morgan fingerprint density at radius 1 is 1.38 bits per heavy atom. The van der Waals surface area contributed by atoms with Gasteiger partial charge in [-0.1, -0.05) is 12.5 Å². The molecule has 0 unspecified atom stereocenters. The molecule has 0 atom stereocenters. The predicted molar refractivity (Wildman–Crippen MR) is 78.4 cm³/mol. The number of hydrogen-bond donors (Lipinski definition) is 3. The Bertz CT molecular complexity index is 540. The Morgan fingerprint density at radius 3 is 2.62 bits per heavy atom. The van der Waals surface area contributed by atoms with Gasteiger partial charge in [0.05, 0.1) is 6.42 Å². The zero-order chi connectivity index (χ0) is 15.5. The van der Waals surface area contributed by atoms with Crippen LogP contribution in [0.1, 0.15) is 25.7 Å². The lowest BCUT2D eigenvalue weighted by atomic mass is 9.66. The number of hydrogen-bond acceptors (Lipinski definition) is 3. The molecule has 2 rings (SSSR count). The summed E-state index contributed by atoms with van der Waals surface area (Å²) < 4.78 is 0. The molecule has 21 heavy (non-hydrogen) atoms. The van der Waals surface area contributed by atoms with E-state index in [1.54, 1.807) is 19.2 Å². The number of benzene rings is 1. The maximum atomic E-state index is 12.1. The summed E-state index contributed by atoms with van der Waals surface area (Å²) in [5.41, 5.74) is 0.273. The first-order valence-electron chi connectivity index (χ1n) is 6.94. The molecular formula is C15H20N2O4. The summed E-state index contributed by atoms with van der Waals surface area (Å²) in [5, 5.41) is 21.2. The van der Waals surface area contributed by atoms with Crippen molar-refractivity contribution >= 4 is 17.7 Å². The molecule has 3 N–H and O–H groups in total. The highest BCUT2D eigenvalue weighted by Crippen LogP contribution is 2.43. The number of carbonyl (C=O) groups excluding carboxylic acids is 1. The Kier molecular flexibility index (Phi) is 4.35. The largest absolute Gasteiger partial charge is 0.508 e. The van der Waals surface area contributed by atoms with Crippen LogP contribution in [0.15, 0.2) is 24.3 Å². The number of carboxylic acids is 1. The molecule has 1 fully saturated rings. The minimum absolute atomic E-state index is 0.0864. The van der Waals surface area contributed by atoms with Crippen molar-refractivity contribution in [2.45, 2.75) is 25.7 Å². The number of anilines is 1. The van der Waals surface area contributed by atoms with E-state index in [9.17, 15) is 14.7 Å². The predicted octanol–water partition coefficient (Wildman–Crippen LogP) is 2.18. The number of phenolic OH excluding ortho intramolecular Hbond substituents is 1. The van der Waals surface area contributed by atoms with E-state index in [0.717, 1.165) is 19.3 Å². The maximum Gasteiger partial charge on any atom is 0.321 e. The van der Waals surface area contributed by atoms with E-state index in [4.69, 9.17) is 5.11 Å². The number of aliphatic carboxylic acids is 1. The van der Waals surface area contributed by atoms with Crippen LogP contribution < -0.4 is 10.2 Å². The molecule has 114 valence electrons. The standard InChI is InChI=1S/C15H20N2O4/c1-17(11-4-2-5-12(18)8-11)14(21)16-10-15(6-3-7-15)9-13(19)20/h2,4-5,8,18H,3,6-7,9-10H2,1H3,(H,16,21)(H,19,20). The van der Waals surface area contributed by atoms with Gasteiger partial charge in [-0.25, -0.2) is 4.79 Å². The molecule has 1 aliphatic carbocycles. The van der Waals surface area contributed by atoms with Gasteiger partial charge in [-0.15, -0.1) is 0 Å². The molecule has 6 nitrogen and oxygen atoms in total. The molecule has 0 aliphatic heterocycles. The summed E-state index contributed by atoms with van der Waals surface area (Å²) in [4.78, 5) is 24.4. The van der Waals surface area contributed by atoms with Crippen molar-refractivity contribution in [3.8, 4) is 5.75 Å². The highest BCUT2D eigenvalue weighted by molar-refractivity contribution is 5.91. The van der Waals surface area contributed by atoms with E-state index in [2.05, 4.69) is 5.32 Å². The number of nitrogens with zero attached hydrogens (tertiary/aromatic N) is 1. The molecule has 1 aliphatic rings. The number of amides is 2. The van der Waals surface area contributed by atoms with E-state index < -0.39 is 5.97 Å². The van der Waals surface area contributed by atoms with E-state index in [1.807, 2.05) is 0 Å². The van der Waals surface area contributed by atoms with Crippen molar-refractivity contribution in [3.63, 3.8) is 0 Å². The van der Waals surface area contributed by atoms with Crippen LogP contribution in [0, 0.1) is 5.41 Å². The van der Waals surface area contributed by atoms with Gasteiger partial charge >= 0.3 is 12.0 Å². The van der Waals surface area contributed by atoms with Crippen LogP contribution in [0.2, 0.25) is 0 Å². The molecule has 0 bridgehead atoms. The zero-order valence-electron chi connectivity index (χ0n) is 12.0. The minimum atomic E-state index is -0.828. The zero-order valence-corrected chi connectivity index (χ0v) is 12.0. The molecule has 6 heteroatoms. The molecule has 0 radical (unpaired) electrons. The highest BCUT2D eigenvalue weighted by Gasteiger charge is 2.39. The third kappa shape index (κ3) is 3.65. The SMILES string of the molecule is CN(C(=O)NCC1(CC(=O)O)CCC1)c1cccc(O)c1. The highest BCUT2D eigenvalue weighted by atomic mass is 16.4. The number of nitrogens with one attached hydrogen (secondary N) is 1. The molecule has 0 spiro atoms. The fraction of sp³-hybridized carbons (Fsp3) is 0.467. The fourth-order valence-corrected chi connectivity index (χ4v) is 2.61. The number of carbonyl (C=O) groups is 2. The van der Waals surface area contributed by atoms with Crippen LogP contribution in [0.4, 0.5) is 10.5 Å². The van der Waals surface area contributed by atoms with Crippen LogP contribution in [0.25, 0.3) is 0 Å². The second kappa shape index (κ2) is 6.03. The summed E-state index contributed by atoms with van der Waals surface area (Å²) in [6.45, 7) is 0.362. The second-order valence-electron chi connectivity index (χ2n) is 5.66. The van der Waals surface area contributed by atoms with Crippen molar-refractivity contribution in [2.24, 2.45) is 5.41 Å².